The van der Waals surface area contributed by atoms with E-state index >= 15 is 0 Å². The minimum atomic E-state index is 0.750. The Morgan fingerprint density at radius 2 is 1.31 bits per heavy atom. The monoisotopic (exact) mass is 224 g/mol. The van der Waals surface area contributed by atoms with E-state index in [4.69, 9.17) is 4.79 Å². The van der Waals surface area contributed by atoms with Crippen LogP contribution in [0.5, 0.6) is 0 Å². The fraction of sp³-hybridized carbons (Fsp3) is 0.533. The topological polar surface area (TPSA) is 17.1 Å². The molecule has 0 atom stereocenters. The van der Waals surface area contributed by atoms with Crippen molar-refractivity contribution in [3.05, 3.63) is 35.9 Å². The lowest BCUT2D eigenvalue weighted by Crippen LogP contribution is -1.62. The lowest BCUT2D eigenvalue weighted by atomic mass is 10.2. The number of hydrogen-bond acceptors (Lipinski definition) is 1. The Balaban J connectivity index is -0.000000163. The van der Waals surface area contributed by atoms with Crippen molar-refractivity contribution in [1.29, 1.82) is 0 Å². The van der Waals surface area contributed by atoms with Gasteiger partial charge in [0.25, 0.3) is 0 Å². The molecule has 0 radical (unpaired) electrons. The standard InChI is InChI=1S/C7H8.C4H10.C2H4O.C2H6/c1-7-5-3-2-4-6-7;1-3-4-2;1-2-3;1-2/h2-6H,1H3;3-4H2,1-2H3;2H,1H3;1-2H3. The Hall–Kier alpha value is -1.11. The van der Waals surface area contributed by atoms with Gasteiger partial charge in [0, 0.05) is 0 Å². The lowest BCUT2D eigenvalue weighted by Gasteiger charge is -1.82. The largest absolute Gasteiger partial charge is 0.304 e. The zero-order valence-electron chi connectivity index (χ0n) is 11.8. The number of hydrogen-bond donors (Lipinski definition) is 0. The van der Waals surface area contributed by atoms with Gasteiger partial charge in [-0.1, -0.05) is 76.4 Å². The molecule has 94 valence electrons. The second kappa shape index (κ2) is 23.6. The van der Waals surface area contributed by atoms with Crippen LogP contribution in [0.25, 0.3) is 0 Å². The van der Waals surface area contributed by atoms with E-state index in [-0.39, 0.29) is 0 Å². The van der Waals surface area contributed by atoms with E-state index in [2.05, 4.69) is 32.9 Å². The molecule has 0 aliphatic carbocycles. The lowest BCUT2D eigenvalue weighted by molar-refractivity contribution is -0.106. The van der Waals surface area contributed by atoms with Crippen LogP contribution in [-0.4, -0.2) is 6.29 Å². The van der Waals surface area contributed by atoms with Gasteiger partial charge in [0.1, 0.15) is 6.29 Å². The molecule has 1 nitrogen and oxygen atoms in total. The van der Waals surface area contributed by atoms with Crippen LogP contribution in [0, 0.1) is 6.92 Å². The van der Waals surface area contributed by atoms with E-state index < -0.39 is 0 Å². The molecule has 0 N–H and O–H groups in total. The SMILES string of the molecule is CC.CC=O.CCCC.Cc1ccccc1. The molecule has 1 aromatic carbocycles. The first-order valence-electron chi connectivity index (χ1n) is 6.14. The summed E-state index contributed by atoms with van der Waals surface area (Å²) in [6.45, 7) is 11.9. The molecule has 0 spiro atoms. The maximum Gasteiger partial charge on any atom is 0.116 e. The highest BCUT2D eigenvalue weighted by molar-refractivity contribution is 5.44. The van der Waals surface area contributed by atoms with Gasteiger partial charge in [0.05, 0.1) is 0 Å². The van der Waals surface area contributed by atoms with E-state index in [1.807, 2.05) is 32.0 Å². The molecule has 1 rings (SSSR count). The number of aryl methyl sites for hydroxylation is 1. The van der Waals surface area contributed by atoms with Crippen molar-refractivity contribution >= 4 is 6.29 Å². The number of benzene rings is 1. The quantitative estimate of drug-likeness (QED) is 0.611. The molecule has 0 saturated carbocycles. The van der Waals surface area contributed by atoms with Crippen LogP contribution in [0.15, 0.2) is 30.3 Å². The fourth-order valence-corrected chi connectivity index (χ4v) is 0.534. The van der Waals surface area contributed by atoms with Gasteiger partial charge in [0.15, 0.2) is 0 Å². The second-order valence-corrected chi connectivity index (χ2v) is 2.89. The third-order valence-electron chi connectivity index (χ3n) is 1.44. The van der Waals surface area contributed by atoms with Crippen molar-refractivity contribution in [1.82, 2.24) is 0 Å². The maximum absolute atomic E-state index is 8.81. The van der Waals surface area contributed by atoms with E-state index in [1.165, 1.54) is 25.3 Å². The normalized spacial score (nSPS) is 6.88. The molecule has 0 saturated heterocycles. The summed E-state index contributed by atoms with van der Waals surface area (Å²) in [5.74, 6) is 0. The summed E-state index contributed by atoms with van der Waals surface area (Å²) in [4.78, 5) is 8.81. The van der Waals surface area contributed by atoms with Crippen molar-refractivity contribution < 1.29 is 4.79 Å². The third kappa shape index (κ3) is 29.3. The Morgan fingerprint density at radius 1 is 1.00 bits per heavy atom. The predicted octanol–water partition coefficient (Wildman–Crippen LogP) is 5.03. The molecular weight excluding hydrogens is 196 g/mol. The van der Waals surface area contributed by atoms with Gasteiger partial charge in [0.2, 0.25) is 0 Å². The molecular formula is C15H28O. The number of rotatable bonds is 1. The summed E-state index contributed by atoms with van der Waals surface area (Å²) in [6, 6.07) is 10.3. The average molecular weight is 224 g/mol. The summed E-state index contributed by atoms with van der Waals surface area (Å²) in [7, 11) is 0. The van der Waals surface area contributed by atoms with Crippen LogP contribution >= 0.6 is 0 Å². The van der Waals surface area contributed by atoms with Gasteiger partial charge in [-0.25, -0.2) is 0 Å². The van der Waals surface area contributed by atoms with Gasteiger partial charge < -0.3 is 4.79 Å². The van der Waals surface area contributed by atoms with Gasteiger partial charge in [-0.05, 0) is 13.8 Å². The highest BCUT2D eigenvalue weighted by Gasteiger charge is 1.72. The summed E-state index contributed by atoms with van der Waals surface area (Å²) in [5, 5.41) is 0. The van der Waals surface area contributed by atoms with Crippen LogP contribution < -0.4 is 0 Å². The molecule has 1 heteroatoms. The number of carbonyl (C=O) groups excluding carboxylic acids is 1. The fourth-order valence-electron chi connectivity index (χ4n) is 0.534. The van der Waals surface area contributed by atoms with Crippen LogP contribution in [-0.2, 0) is 4.79 Å². The van der Waals surface area contributed by atoms with Crippen LogP contribution in [0.3, 0.4) is 0 Å². The first kappa shape index (κ1) is 20.3. The van der Waals surface area contributed by atoms with Gasteiger partial charge in [-0.15, -0.1) is 0 Å². The minimum absolute atomic E-state index is 0.750. The van der Waals surface area contributed by atoms with E-state index in [0.29, 0.717) is 0 Å². The second-order valence-electron chi connectivity index (χ2n) is 2.89. The van der Waals surface area contributed by atoms with Crippen molar-refractivity contribution in [3.8, 4) is 0 Å². The van der Waals surface area contributed by atoms with E-state index in [9.17, 15) is 0 Å². The first-order chi connectivity index (χ1) is 7.72. The first-order valence-corrected chi connectivity index (χ1v) is 6.14. The highest BCUT2D eigenvalue weighted by Crippen LogP contribution is 1.92. The molecule has 0 amide bonds. The zero-order chi connectivity index (χ0) is 13.2. The Kier molecular flexibility index (Phi) is 30.0. The number of unbranched alkanes of at least 4 members (excludes halogenated alkanes) is 1. The molecule has 0 bridgehead atoms. The smallest absolute Gasteiger partial charge is 0.116 e. The number of aldehydes is 1. The maximum atomic E-state index is 8.81. The minimum Gasteiger partial charge on any atom is -0.304 e. The predicted molar refractivity (Wildman–Crippen MR) is 74.8 cm³/mol. The molecule has 0 fully saturated rings. The molecule has 0 unspecified atom stereocenters. The summed E-state index contributed by atoms with van der Waals surface area (Å²) >= 11 is 0. The molecule has 0 aromatic heterocycles. The summed E-state index contributed by atoms with van der Waals surface area (Å²) in [6.07, 6.45) is 3.39. The van der Waals surface area contributed by atoms with Crippen molar-refractivity contribution in [2.45, 2.75) is 54.4 Å². The summed E-state index contributed by atoms with van der Waals surface area (Å²) < 4.78 is 0. The zero-order valence-corrected chi connectivity index (χ0v) is 11.8. The Morgan fingerprint density at radius 3 is 1.44 bits per heavy atom. The molecule has 0 aliphatic heterocycles. The van der Waals surface area contributed by atoms with E-state index in [1.54, 1.807) is 0 Å². The van der Waals surface area contributed by atoms with Crippen molar-refractivity contribution in [3.63, 3.8) is 0 Å². The van der Waals surface area contributed by atoms with Gasteiger partial charge in [-0.3, -0.25) is 0 Å². The van der Waals surface area contributed by atoms with Crippen LogP contribution in [0.2, 0.25) is 0 Å². The average Bonchev–Trinajstić information content (AvgIpc) is 2.34. The molecule has 1 aromatic rings. The highest BCUT2D eigenvalue weighted by atomic mass is 16.1. The van der Waals surface area contributed by atoms with Crippen LogP contribution in [0.4, 0.5) is 0 Å². The van der Waals surface area contributed by atoms with Gasteiger partial charge >= 0.3 is 0 Å². The third-order valence-corrected chi connectivity index (χ3v) is 1.44. The molecule has 16 heavy (non-hydrogen) atoms. The van der Waals surface area contributed by atoms with Crippen molar-refractivity contribution in [2.24, 2.45) is 0 Å². The number of carbonyl (C=O) groups is 1. The van der Waals surface area contributed by atoms with Crippen molar-refractivity contribution in [2.75, 3.05) is 0 Å². The Labute approximate surface area is 102 Å². The molecule has 0 aliphatic rings. The Bertz CT molecular complexity index is 190. The molecule has 0 heterocycles. The van der Waals surface area contributed by atoms with E-state index in [0.717, 1.165) is 6.29 Å². The summed E-state index contributed by atoms with van der Waals surface area (Å²) in [5.41, 5.74) is 1.32. The van der Waals surface area contributed by atoms with Gasteiger partial charge in [-0.2, -0.15) is 0 Å². The van der Waals surface area contributed by atoms with Crippen LogP contribution in [0.1, 0.15) is 53.0 Å².